The van der Waals surface area contributed by atoms with Gasteiger partial charge < -0.3 is 14.8 Å². The first-order chi connectivity index (χ1) is 14.7. The van der Waals surface area contributed by atoms with Crippen LogP contribution in [-0.2, 0) is 0 Å². The number of para-hydroxylation sites is 1. The van der Waals surface area contributed by atoms with Gasteiger partial charge in [-0.3, -0.25) is 0 Å². The van der Waals surface area contributed by atoms with Gasteiger partial charge in [-0.25, -0.2) is 4.58 Å². The highest BCUT2D eigenvalue weighted by Crippen LogP contribution is 2.50. The predicted molar refractivity (Wildman–Crippen MR) is 124 cm³/mol. The molecule has 2 atom stereocenters. The van der Waals surface area contributed by atoms with E-state index < -0.39 is 0 Å². The molecule has 0 saturated carbocycles. The molecule has 5 rings (SSSR count). The van der Waals surface area contributed by atoms with E-state index in [1.54, 1.807) is 12.0 Å². The molecule has 156 valence electrons. The molecule has 2 saturated heterocycles. The normalized spacial score (nSPS) is 21.6. The highest BCUT2D eigenvalue weighted by atomic mass is 79.9. The Labute approximate surface area is 186 Å². The molecule has 3 aliphatic heterocycles. The van der Waals surface area contributed by atoms with Crippen LogP contribution in [0.5, 0.6) is 17.2 Å². The van der Waals surface area contributed by atoms with Crippen molar-refractivity contribution < 1.29 is 14.0 Å². The SMILES string of the molecule is CC[N+](=COc1ccc2c(c1)Oc1c(Br)cccc1C2=C1CC2CCC(C1)N2)CC. The number of piperidine rings is 1. The smallest absolute Gasteiger partial charge is 0.329 e. The highest BCUT2D eigenvalue weighted by Gasteiger charge is 2.34. The molecule has 0 radical (unpaired) electrons. The van der Waals surface area contributed by atoms with Gasteiger partial charge in [-0.2, -0.15) is 0 Å². The van der Waals surface area contributed by atoms with E-state index in [2.05, 4.69) is 63.9 Å². The van der Waals surface area contributed by atoms with Gasteiger partial charge in [-0.05, 0) is 79.2 Å². The maximum absolute atomic E-state index is 6.39. The summed E-state index contributed by atoms with van der Waals surface area (Å²) in [7, 11) is 0. The summed E-state index contributed by atoms with van der Waals surface area (Å²) in [4.78, 5) is 0. The third kappa shape index (κ3) is 3.58. The summed E-state index contributed by atoms with van der Waals surface area (Å²) in [5.74, 6) is 2.57. The minimum Gasteiger partial charge on any atom is -0.455 e. The third-order valence-corrected chi connectivity index (χ3v) is 7.12. The lowest BCUT2D eigenvalue weighted by molar-refractivity contribution is -0.521. The van der Waals surface area contributed by atoms with Crippen LogP contribution < -0.4 is 14.8 Å². The summed E-state index contributed by atoms with van der Waals surface area (Å²) in [6.45, 7) is 6.09. The zero-order valence-electron chi connectivity index (χ0n) is 17.6. The fourth-order valence-electron chi connectivity index (χ4n) is 4.93. The summed E-state index contributed by atoms with van der Waals surface area (Å²) < 4.78 is 15.5. The Morgan fingerprint density at radius 2 is 1.87 bits per heavy atom. The van der Waals surface area contributed by atoms with Gasteiger partial charge in [0.25, 0.3) is 0 Å². The number of nitrogens with zero attached hydrogens (tertiary/aromatic N) is 1. The Kier molecular flexibility index (Phi) is 5.42. The van der Waals surface area contributed by atoms with Gasteiger partial charge in [0.05, 0.1) is 4.47 Å². The third-order valence-electron chi connectivity index (χ3n) is 6.50. The van der Waals surface area contributed by atoms with Crippen LogP contribution in [0.4, 0.5) is 0 Å². The molecule has 0 aliphatic carbocycles. The van der Waals surface area contributed by atoms with Gasteiger partial charge in [0.1, 0.15) is 30.3 Å². The number of hydrogen-bond acceptors (Lipinski definition) is 3. The maximum atomic E-state index is 6.39. The first-order valence-corrected chi connectivity index (χ1v) is 11.8. The fraction of sp³-hybridized carbons (Fsp3) is 0.400. The molecule has 0 spiro atoms. The van der Waals surface area contributed by atoms with Crippen molar-refractivity contribution in [1.82, 2.24) is 5.32 Å². The molecule has 2 aromatic carbocycles. The minimum atomic E-state index is 0.611. The first-order valence-electron chi connectivity index (χ1n) is 11.0. The molecule has 2 aromatic rings. The van der Waals surface area contributed by atoms with Crippen molar-refractivity contribution in [2.24, 2.45) is 0 Å². The lowest BCUT2D eigenvalue weighted by atomic mass is 9.84. The highest BCUT2D eigenvalue weighted by molar-refractivity contribution is 9.10. The van der Waals surface area contributed by atoms with E-state index in [4.69, 9.17) is 9.47 Å². The predicted octanol–water partition coefficient (Wildman–Crippen LogP) is 5.73. The molecule has 0 amide bonds. The molecular weight excluding hydrogens is 440 g/mol. The number of nitrogens with one attached hydrogen (secondary N) is 1. The molecule has 0 aromatic heterocycles. The van der Waals surface area contributed by atoms with Crippen LogP contribution >= 0.6 is 15.9 Å². The lowest BCUT2D eigenvalue weighted by Crippen LogP contribution is -2.35. The molecule has 2 unspecified atom stereocenters. The van der Waals surface area contributed by atoms with Crippen molar-refractivity contribution >= 4 is 27.9 Å². The second-order valence-corrected chi connectivity index (χ2v) is 9.20. The van der Waals surface area contributed by atoms with E-state index >= 15 is 0 Å². The van der Waals surface area contributed by atoms with Crippen LogP contribution in [0.3, 0.4) is 0 Å². The van der Waals surface area contributed by atoms with Gasteiger partial charge in [-0.15, -0.1) is 0 Å². The Morgan fingerprint density at radius 3 is 2.60 bits per heavy atom. The van der Waals surface area contributed by atoms with Crippen LogP contribution in [-0.4, -0.2) is 36.1 Å². The summed E-state index contributed by atoms with van der Waals surface area (Å²) >= 11 is 3.70. The Bertz CT molecular complexity index is 1020. The number of hydrogen-bond donors (Lipinski definition) is 1. The molecule has 1 N–H and O–H groups in total. The van der Waals surface area contributed by atoms with Crippen molar-refractivity contribution in [1.29, 1.82) is 0 Å². The minimum absolute atomic E-state index is 0.611. The number of benzene rings is 2. The van der Waals surface area contributed by atoms with E-state index in [1.165, 1.54) is 29.5 Å². The number of halogens is 1. The van der Waals surface area contributed by atoms with E-state index in [9.17, 15) is 0 Å². The van der Waals surface area contributed by atoms with Gasteiger partial charge in [0.15, 0.2) is 0 Å². The summed E-state index contributed by atoms with van der Waals surface area (Å²) in [6.07, 6.45) is 6.60. The molecule has 5 heteroatoms. The van der Waals surface area contributed by atoms with E-state index in [0.717, 1.165) is 47.7 Å². The standard InChI is InChI=1S/C25H28BrN2O2/c1-3-28(4-2)15-29-19-10-11-20-23(14-19)30-25-21(6-5-7-22(25)26)24(20)16-12-17-8-9-18(13-16)27-17/h5-7,10-11,14-15,17-18,27H,3-4,8-9,12-13H2,1-2H3/q+1. The largest absolute Gasteiger partial charge is 0.455 e. The molecule has 3 aliphatic rings. The van der Waals surface area contributed by atoms with Gasteiger partial charge in [0.2, 0.25) is 0 Å². The van der Waals surface area contributed by atoms with Crippen molar-refractivity contribution in [3.05, 3.63) is 57.6 Å². The monoisotopic (exact) mass is 467 g/mol. The van der Waals surface area contributed by atoms with E-state index in [1.807, 2.05) is 12.1 Å². The summed E-state index contributed by atoms with van der Waals surface area (Å²) in [5, 5.41) is 3.76. The Morgan fingerprint density at radius 1 is 1.10 bits per heavy atom. The Balaban J connectivity index is 1.59. The first kappa shape index (κ1) is 19.8. The number of fused-ring (bicyclic) bond motifs is 4. The molecule has 3 heterocycles. The number of rotatable bonds is 4. The van der Waals surface area contributed by atoms with Gasteiger partial charge in [-0.1, -0.05) is 17.7 Å². The zero-order chi connectivity index (χ0) is 20.7. The topological polar surface area (TPSA) is 33.5 Å². The van der Waals surface area contributed by atoms with Crippen molar-refractivity contribution in [3.8, 4) is 17.2 Å². The number of ether oxygens (including phenoxy) is 2. The Hall–Kier alpha value is -2.11. The van der Waals surface area contributed by atoms with Crippen LogP contribution in [0.25, 0.3) is 5.57 Å². The van der Waals surface area contributed by atoms with Gasteiger partial charge in [0, 0.05) is 29.3 Å². The zero-order valence-corrected chi connectivity index (χ0v) is 19.2. The van der Waals surface area contributed by atoms with Crippen molar-refractivity contribution in [2.45, 2.75) is 51.6 Å². The maximum Gasteiger partial charge on any atom is 0.329 e. The van der Waals surface area contributed by atoms with Crippen molar-refractivity contribution in [3.63, 3.8) is 0 Å². The fourth-order valence-corrected chi connectivity index (χ4v) is 5.37. The quantitative estimate of drug-likeness (QED) is 0.302. The van der Waals surface area contributed by atoms with E-state index in [-0.39, 0.29) is 0 Å². The van der Waals surface area contributed by atoms with Crippen LogP contribution in [0, 0.1) is 0 Å². The second-order valence-electron chi connectivity index (χ2n) is 8.35. The molecule has 2 bridgehead atoms. The van der Waals surface area contributed by atoms with E-state index in [0.29, 0.717) is 12.1 Å². The average molecular weight is 468 g/mol. The molecule has 30 heavy (non-hydrogen) atoms. The second kappa shape index (κ2) is 8.20. The average Bonchev–Trinajstić information content (AvgIpc) is 3.11. The summed E-state index contributed by atoms with van der Waals surface area (Å²) in [5.41, 5.74) is 5.27. The summed E-state index contributed by atoms with van der Waals surface area (Å²) in [6, 6.07) is 13.8. The molecule has 4 nitrogen and oxygen atoms in total. The van der Waals surface area contributed by atoms with Crippen LogP contribution in [0.15, 0.2) is 46.4 Å². The molecular formula is C25H28BrN2O2+. The van der Waals surface area contributed by atoms with Crippen molar-refractivity contribution in [2.75, 3.05) is 13.1 Å². The molecule has 2 fully saturated rings. The lowest BCUT2D eigenvalue weighted by Gasteiger charge is -2.31. The van der Waals surface area contributed by atoms with Crippen LogP contribution in [0.1, 0.15) is 50.7 Å². The van der Waals surface area contributed by atoms with Gasteiger partial charge >= 0.3 is 6.40 Å². The van der Waals surface area contributed by atoms with Crippen LogP contribution in [0.2, 0.25) is 0 Å².